The molecule has 2 aromatic heterocycles. The van der Waals surface area contributed by atoms with E-state index in [9.17, 15) is 27.2 Å². The molecule has 1 aliphatic carbocycles. The second-order valence-corrected chi connectivity index (χ2v) is 8.56. The molecule has 1 aromatic carbocycles. The van der Waals surface area contributed by atoms with Crippen LogP contribution in [0.1, 0.15) is 42.6 Å². The molecule has 0 saturated heterocycles. The van der Waals surface area contributed by atoms with Gasteiger partial charge in [0.1, 0.15) is 11.6 Å². The molecular weight excluding hydrogens is 454 g/mol. The molecule has 6 nitrogen and oxygen atoms in total. The first-order chi connectivity index (χ1) is 16.2. The zero-order valence-corrected chi connectivity index (χ0v) is 18.2. The van der Waals surface area contributed by atoms with E-state index in [1.807, 2.05) is 0 Å². The van der Waals surface area contributed by atoms with Crippen LogP contribution in [0.15, 0.2) is 48.7 Å². The highest BCUT2D eigenvalue weighted by atomic mass is 19.4. The van der Waals surface area contributed by atoms with Crippen molar-refractivity contribution in [1.82, 2.24) is 14.7 Å². The summed E-state index contributed by atoms with van der Waals surface area (Å²) < 4.78 is 57.4. The maximum atomic E-state index is 13.4. The molecule has 1 aliphatic rings. The average molecular weight is 477 g/mol. The second kappa shape index (κ2) is 9.44. The number of hydrogen-bond donors (Lipinski definition) is 1. The lowest BCUT2D eigenvalue weighted by molar-refractivity contribution is -0.203. The Morgan fingerprint density at radius 2 is 1.76 bits per heavy atom. The van der Waals surface area contributed by atoms with Crippen molar-refractivity contribution in [3.63, 3.8) is 0 Å². The monoisotopic (exact) mass is 477 g/mol. The Morgan fingerprint density at radius 3 is 2.44 bits per heavy atom. The molecule has 1 amide bonds. The first-order valence-electron chi connectivity index (χ1n) is 10.9. The molecule has 0 bridgehead atoms. The topological polar surface area (TPSA) is 72.7 Å². The normalized spacial score (nSPS) is 15.8. The number of benzene rings is 1. The van der Waals surface area contributed by atoms with Crippen LogP contribution in [0.5, 0.6) is 0 Å². The van der Waals surface area contributed by atoms with Gasteiger partial charge in [-0.25, -0.2) is 14.2 Å². The average Bonchev–Trinajstić information content (AvgIpc) is 3.21. The number of nitrogens with one attached hydrogen (secondary N) is 1. The van der Waals surface area contributed by atoms with Gasteiger partial charge in [0.25, 0.3) is 5.91 Å². The van der Waals surface area contributed by atoms with Crippen LogP contribution in [0.25, 0.3) is 16.9 Å². The van der Waals surface area contributed by atoms with Crippen molar-refractivity contribution in [2.75, 3.05) is 13.2 Å². The van der Waals surface area contributed by atoms with Gasteiger partial charge in [-0.05, 0) is 49.2 Å². The van der Waals surface area contributed by atoms with E-state index in [2.05, 4.69) is 15.0 Å². The smallest absolute Gasteiger partial charge is 0.458 e. The summed E-state index contributed by atoms with van der Waals surface area (Å²) in [6.45, 7) is -0.370. The van der Waals surface area contributed by atoms with E-state index in [1.54, 1.807) is 40.9 Å². The standard InChI is InChI=1S/C24H23F4N3O3/c25-17-9-7-16(8-10-17)20-30-19(18-6-2-5-13-31(18)20)21(32)29-14-23(11-3-1-4-12-23)15-34-22(33)24(26,27)28/h2,5-10,13H,1,3-4,11-12,14-15H2,(H,29,32). The van der Waals surface area contributed by atoms with Crippen molar-refractivity contribution < 1.29 is 31.9 Å². The maximum Gasteiger partial charge on any atom is 0.490 e. The molecule has 2 heterocycles. The van der Waals surface area contributed by atoms with Gasteiger partial charge in [-0.3, -0.25) is 9.20 Å². The fourth-order valence-electron chi connectivity index (χ4n) is 4.33. The fourth-order valence-corrected chi connectivity index (χ4v) is 4.33. The third-order valence-electron chi connectivity index (χ3n) is 6.14. The van der Waals surface area contributed by atoms with E-state index in [4.69, 9.17) is 0 Å². The molecule has 1 fully saturated rings. The Morgan fingerprint density at radius 1 is 1.06 bits per heavy atom. The Balaban J connectivity index is 1.55. The molecule has 4 rings (SSSR count). The number of halogens is 4. The Bertz CT molecular complexity index is 1180. The minimum Gasteiger partial charge on any atom is -0.458 e. The molecular formula is C24H23F4N3O3. The predicted octanol–water partition coefficient (Wildman–Crippen LogP) is 4.93. The van der Waals surface area contributed by atoms with Crippen LogP contribution in [0.2, 0.25) is 0 Å². The predicted molar refractivity (Wildman–Crippen MR) is 115 cm³/mol. The summed E-state index contributed by atoms with van der Waals surface area (Å²) in [6, 6.07) is 11.0. The molecule has 0 unspecified atom stereocenters. The number of fused-ring (bicyclic) bond motifs is 1. The minimum atomic E-state index is -5.06. The third-order valence-corrected chi connectivity index (χ3v) is 6.14. The van der Waals surface area contributed by atoms with Crippen LogP contribution in [0.4, 0.5) is 17.6 Å². The number of nitrogens with zero attached hydrogens (tertiary/aromatic N) is 2. The zero-order valence-electron chi connectivity index (χ0n) is 18.2. The van der Waals surface area contributed by atoms with Crippen molar-refractivity contribution >= 4 is 17.4 Å². The second-order valence-electron chi connectivity index (χ2n) is 8.56. The number of alkyl halides is 3. The van der Waals surface area contributed by atoms with Gasteiger partial charge in [0.05, 0.1) is 12.1 Å². The number of imidazole rings is 1. The van der Waals surface area contributed by atoms with Crippen LogP contribution >= 0.6 is 0 Å². The number of ether oxygens (including phenoxy) is 1. The molecule has 180 valence electrons. The molecule has 1 saturated carbocycles. The summed E-state index contributed by atoms with van der Waals surface area (Å²) in [5.74, 6) is -2.67. The van der Waals surface area contributed by atoms with Gasteiger partial charge in [-0.2, -0.15) is 13.2 Å². The Hall–Kier alpha value is -3.43. The van der Waals surface area contributed by atoms with Gasteiger partial charge >= 0.3 is 12.1 Å². The largest absolute Gasteiger partial charge is 0.490 e. The van der Waals surface area contributed by atoms with E-state index >= 15 is 0 Å². The molecule has 34 heavy (non-hydrogen) atoms. The van der Waals surface area contributed by atoms with Crippen molar-refractivity contribution in [3.05, 3.63) is 60.2 Å². The number of hydrogen-bond acceptors (Lipinski definition) is 4. The lowest BCUT2D eigenvalue weighted by atomic mass is 9.74. The highest BCUT2D eigenvalue weighted by molar-refractivity contribution is 6.00. The van der Waals surface area contributed by atoms with E-state index in [1.165, 1.54) is 12.1 Å². The molecule has 1 N–H and O–H groups in total. The fraction of sp³-hybridized carbons (Fsp3) is 0.375. The van der Waals surface area contributed by atoms with Gasteiger partial charge in [0.2, 0.25) is 0 Å². The minimum absolute atomic E-state index is 0.0503. The van der Waals surface area contributed by atoms with E-state index in [-0.39, 0.29) is 12.2 Å². The van der Waals surface area contributed by atoms with Gasteiger partial charge in [0, 0.05) is 23.7 Å². The number of carbonyl (C=O) groups excluding carboxylic acids is 2. The molecule has 10 heteroatoms. The Labute approximate surface area is 192 Å². The van der Waals surface area contributed by atoms with E-state index in [0.29, 0.717) is 29.7 Å². The van der Waals surface area contributed by atoms with Gasteiger partial charge in [-0.15, -0.1) is 0 Å². The van der Waals surface area contributed by atoms with Crippen molar-refractivity contribution in [1.29, 1.82) is 0 Å². The van der Waals surface area contributed by atoms with Gasteiger partial charge in [-0.1, -0.05) is 25.3 Å². The quantitative estimate of drug-likeness (QED) is 0.404. The first kappa shape index (κ1) is 23.7. The number of esters is 1. The summed E-state index contributed by atoms with van der Waals surface area (Å²) in [7, 11) is 0. The van der Waals surface area contributed by atoms with Crippen LogP contribution < -0.4 is 5.32 Å². The zero-order chi connectivity index (χ0) is 24.3. The molecule has 0 atom stereocenters. The summed E-state index contributed by atoms with van der Waals surface area (Å²) in [6.07, 6.45) is 0.188. The lowest BCUT2D eigenvalue weighted by Gasteiger charge is -2.36. The van der Waals surface area contributed by atoms with E-state index < -0.39 is 35.9 Å². The third kappa shape index (κ3) is 5.05. The number of aromatic nitrogens is 2. The van der Waals surface area contributed by atoms with Crippen molar-refractivity contribution in [2.45, 2.75) is 38.3 Å². The highest BCUT2D eigenvalue weighted by Crippen LogP contribution is 2.37. The van der Waals surface area contributed by atoms with Crippen molar-refractivity contribution in [2.24, 2.45) is 5.41 Å². The number of amides is 1. The summed E-state index contributed by atoms with van der Waals surface area (Å²) in [5, 5.41) is 2.79. The summed E-state index contributed by atoms with van der Waals surface area (Å²) in [4.78, 5) is 28.8. The van der Waals surface area contributed by atoms with Gasteiger partial charge in [0.15, 0.2) is 5.69 Å². The van der Waals surface area contributed by atoms with Crippen LogP contribution in [-0.2, 0) is 9.53 Å². The van der Waals surface area contributed by atoms with Crippen LogP contribution in [-0.4, -0.2) is 40.6 Å². The SMILES string of the molecule is O=C(NCC1(COC(=O)C(F)(F)F)CCCCC1)c1nc(-c2ccc(F)cc2)n2ccccc12. The number of carbonyl (C=O) groups is 2. The van der Waals surface area contributed by atoms with Gasteiger partial charge < -0.3 is 10.1 Å². The highest BCUT2D eigenvalue weighted by Gasteiger charge is 2.43. The summed E-state index contributed by atoms with van der Waals surface area (Å²) in [5.41, 5.74) is 0.507. The lowest BCUT2D eigenvalue weighted by Crippen LogP contribution is -2.43. The Kier molecular flexibility index (Phi) is 6.58. The molecule has 0 aliphatic heterocycles. The molecule has 0 spiro atoms. The first-order valence-corrected chi connectivity index (χ1v) is 10.9. The van der Waals surface area contributed by atoms with Crippen LogP contribution in [0, 0.1) is 11.2 Å². The number of rotatable bonds is 6. The maximum absolute atomic E-state index is 13.4. The van der Waals surface area contributed by atoms with Crippen LogP contribution in [0.3, 0.4) is 0 Å². The summed E-state index contributed by atoms with van der Waals surface area (Å²) >= 11 is 0. The molecule has 3 aromatic rings. The molecule has 0 radical (unpaired) electrons. The van der Waals surface area contributed by atoms with Crippen molar-refractivity contribution in [3.8, 4) is 11.4 Å². The number of pyridine rings is 1. The van der Waals surface area contributed by atoms with E-state index in [0.717, 1.165) is 19.3 Å².